The molecule has 96 valence electrons. The number of hydrogen-bond acceptors (Lipinski definition) is 3. The Morgan fingerprint density at radius 1 is 1.37 bits per heavy atom. The molecule has 3 nitrogen and oxygen atoms in total. The molecule has 1 aliphatic rings. The molecule has 0 bridgehead atoms. The van der Waals surface area contributed by atoms with Crippen molar-refractivity contribution < 1.29 is 9.59 Å². The maximum atomic E-state index is 12.3. The Morgan fingerprint density at radius 3 is 2.84 bits per heavy atom. The van der Waals surface area contributed by atoms with Crippen molar-refractivity contribution in [3.8, 4) is 0 Å². The van der Waals surface area contributed by atoms with Crippen LogP contribution in [0.1, 0.15) is 20.8 Å². The average molecular weight is 292 g/mol. The van der Waals surface area contributed by atoms with Gasteiger partial charge in [0.2, 0.25) is 11.7 Å². The van der Waals surface area contributed by atoms with Crippen molar-refractivity contribution in [2.24, 2.45) is 0 Å². The molecule has 1 aromatic heterocycles. The first-order valence-electron chi connectivity index (χ1n) is 5.75. The molecule has 0 aliphatic carbocycles. The van der Waals surface area contributed by atoms with Crippen LogP contribution in [-0.4, -0.2) is 18.7 Å². The van der Waals surface area contributed by atoms with Crippen LogP contribution in [0.25, 0.3) is 0 Å². The van der Waals surface area contributed by atoms with Gasteiger partial charge in [-0.3, -0.25) is 9.59 Å². The van der Waals surface area contributed by atoms with Gasteiger partial charge in [-0.05, 0) is 35.2 Å². The second-order valence-corrected chi connectivity index (χ2v) is 5.72. The quantitative estimate of drug-likeness (QED) is 0.797. The van der Waals surface area contributed by atoms with Gasteiger partial charge in [-0.15, -0.1) is 11.3 Å². The fourth-order valence-corrected chi connectivity index (χ4v) is 3.30. The van der Waals surface area contributed by atoms with Crippen molar-refractivity contribution in [3.05, 3.63) is 50.7 Å². The van der Waals surface area contributed by atoms with E-state index in [2.05, 4.69) is 0 Å². The number of carbonyl (C=O) groups is 2. The largest absolute Gasteiger partial charge is 0.315 e. The van der Waals surface area contributed by atoms with Crippen molar-refractivity contribution in [2.45, 2.75) is 6.42 Å². The number of carbonyl (C=O) groups excluding carboxylic acids is 2. The van der Waals surface area contributed by atoms with Crippen LogP contribution in [0.4, 0.5) is 5.69 Å². The maximum Gasteiger partial charge on any atom is 0.231 e. The summed E-state index contributed by atoms with van der Waals surface area (Å²) in [5, 5.41) is 2.27. The number of benzene rings is 1. The van der Waals surface area contributed by atoms with E-state index in [9.17, 15) is 9.59 Å². The second kappa shape index (κ2) is 4.47. The van der Waals surface area contributed by atoms with Gasteiger partial charge >= 0.3 is 0 Å². The van der Waals surface area contributed by atoms with Gasteiger partial charge < -0.3 is 4.90 Å². The van der Waals surface area contributed by atoms with Crippen LogP contribution in [0.3, 0.4) is 0 Å². The van der Waals surface area contributed by atoms with Crippen LogP contribution < -0.4 is 4.90 Å². The molecule has 0 N–H and O–H groups in total. The standard InChI is InChI=1S/C14H10ClNO2S/c1-16-11-3-2-8(6-9(11)7-12(16)17)13(18)14-10(15)4-5-19-14/h2-6H,7H2,1H3. The number of likely N-dealkylation sites (N-methyl/N-ethyl adjacent to an activating group) is 1. The van der Waals surface area contributed by atoms with Crippen molar-refractivity contribution in [1.82, 2.24) is 0 Å². The summed E-state index contributed by atoms with van der Waals surface area (Å²) in [5.41, 5.74) is 2.34. The molecular formula is C14H10ClNO2S. The average Bonchev–Trinajstić information content (AvgIpc) is 2.93. The maximum absolute atomic E-state index is 12.3. The lowest BCUT2D eigenvalue weighted by molar-refractivity contribution is -0.117. The molecule has 0 fully saturated rings. The number of hydrogen-bond donors (Lipinski definition) is 0. The van der Waals surface area contributed by atoms with E-state index in [1.807, 2.05) is 6.07 Å². The van der Waals surface area contributed by atoms with E-state index < -0.39 is 0 Å². The summed E-state index contributed by atoms with van der Waals surface area (Å²) in [6, 6.07) is 7.06. The molecule has 1 amide bonds. The Labute approximate surface area is 119 Å². The van der Waals surface area contributed by atoms with Crippen molar-refractivity contribution in [1.29, 1.82) is 0 Å². The van der Waals surface area contributed by atoms with Gasteiger partial charge in [0.25, 0.3) is 0 Å². The fourth-order valence-electron chi connectivity index (χ4n) is 2.20. The molecule has 1 aromatic carbocycles. The van der Waals surface area contributed by atoms with Gasteiger partial charge in [-0.25, -0.2) is 0 Å². The van der Waals surface area contributed by atoms with E-state index in [1.54, 1.807) is 35.5 Å². The smallest absolute Gasteiger partial charge is 0.231 e. The van der Waals surface area contributed by atoms with Crippen LogP contribution in [0.15, 0.2) is 29.6 Å². The molecule has 0 unspecified atom stereocenters. The molecule has 0 saturated heterocycles. The zero-order valence-electron chi connectivity index (χ0n) is 10.1. The predicted molar refractivity (Wildman–Crippen MR) is 76.3 cm³/mol. The molecular weight excluding hydrogens is 282 g/mol. The number of halogens is 1. The highest BCUT2D eigenvalue weighted by Crippen LogP contribution is 2.31. The van der Waals surface area contributed by atoms with Crippen molar-refractivity contribution in [2.75, 3.05) is 11.9 Å². The molecule has 19 heavy (non-hydrogen) atoms. The second-order valence-electron chi connectivity index (χ2n) is 4.40. The number of ketones is 1. The third-order valence-corrected chi connectivity index (χ3v) is 4.58. The lowest BCUT2D eigenvalue weighted by Crippen LogP contribution is -2.20. The first kappa shape index (κ1) is 12.4. The lowest BCUT2D eigenvalue weighted by Gasteiger charge is -2.10. The van der Waals surface area contributed by atoms with Gasteiger partial charge in [-0.1, -0.05) is 11.6 Å². The number of anilines is 1. The Morgan fingerprint density at radius 2 is 2.16 bits per heavy atom. The van der Waals surface area contributed by atoms with E-state index in [4.69, 9.17) is 11.6 Å². The highest BCUT2D eigenvalue weighted by molar-refractivity contribution is 7.13. The summed E-state index contributed by atoms with van der Waals surface area (Å²) in [6.45, 7) is 0. The van der Waals surface area contributed by atoms with Gasteiger partial charge in [0.15, 0.2) is 0 Å². The number of amides is 1. The van der Waals surface area contributed by atoms with Crippen molar-refractivity contribution >= 4 is 40.3 Å². The highest BCUT2D eigenvalue weighted by atomic mass is 35.5. The Bertz CT molecular complexity index is 693. The van der Waals surface area contributed by atoms with Crippen LogP contribution in [0.5, 0.6) is 0 Å². The first-order valence-corrected chi connectivity index (χ1v) is 7.01. The summed E-state index contributed by atoms with van der Waals surface area (Å²) in [7, 11) is 1.74. The monoisotopic (exact) mass is 291 g/mol. The Hall–Kier alpha value is -1.65. The van der Waals surface area contributed by atoms with Crippen LogP contribution in [-0.2, 0) is 11.2 Å². The Kier molecular flexibility index (Phi) is 2.92. The molecule has 0 atom stereocenters. The zero-order chi connectivity index (χ0) is 13.6. The van der Waals surface area contributed by atoms with Crippen LogP contribution in [0.2, 0.25) is 5.02 Å². The summed E-state index contributed by atoms with van der Waals surface area (Å²) < 4.78 is 0. The highest BCUT2D eigenvalue weighted by Gasteiger charge is 2.25. The number of nitrogens with zero attached hydrogens (tertiary/aromatic N) is 1. The lowest BCUT2D eigenvalue weighted by atomic mass is 10.0. The minimum Gasteiger partial charge on any atom is -0.315 e. The summed E-state index contributed by atoms with van der Waals surface area (Å²) in [5.74, 6) is -0.0430. The van der Waals surface area contributed by atoms with E-state index >= 15 is 0 Å². The third-order valence-electron chi connectivity index (χ3n) is 3.24. The fraction of sp³-hybridized carbons (Fsp3) is 0.143. The van der Waals surface area contributed by atoms with Crippen LogP contribution >= 0.6 is 22.9 Å². The third kappa shape index (κ3) is 1.97. The summed E-state index contributed by atoms with van der Waals surface area (Å²) in [4.78, 5) is 26.1. The summed E-state index contributed by atoms with van der Waals surface area (Å²) >= 11 is 7.30. The minimum atomic E-state index is -0.0928. The molecule has 2 heterocycles. The molecule has 0 saturated carbocycles. The normalized spacial score (nSPS) is 13.8. The Balaban J connectivity index is 2.01. The number of thiophene rings is 1. The zero-order valence-corrected chi connectivity index (χ0v) is 11.7. The molecule has 1 aliphatic heterocycles. The summed E-state index contributed by atoms with van der Waals surface area (Å²) in [6.07, 6.45) is 0.352. The predicted octanol–water partition coefficient (Wildman–Crippen LogP) is 3.15. The van der Waals surface area contributed by atoms with Gasteiger partial charge in [0.05, 0.1) is 16.3 Å². The van der Waals surface area contributed by atoms with E-state index in [0.29, 0.717) is 21.9 Å². The number of rotatable bonds is 2. The van der Waals surface area contributed by atoms with Gasteiger partial charge in [-0.2, -0.15) is 0 Å². The van der Waals surface area contributed by atoms with Gasteiger partial charge in [0, 0.05) is 18.3 Å². The molecule has 0 radical (unpaired) electrons. The molecule has 3 rings (SSSR count). The molecule has 0 spiro atoms. The van der Waals surface area contributed by atoms with Crippen molar-refractivity contribution in [3.63, 3.8) is 0 Å². The SMILES string of the molecule is CN1C(=O)Cc2cc(C(=O)c3sccc3Cl)ccc21. The van der Waals surface area contributed by atoms with E-state index in [1.165, 1.54) is 11.3 Å². The topological polar surface area (TPSA) is 37.4 Å². The van der Waals surface area contributed by atoms with E-state index in [-0.39, 0.29) is 11.7 Å². The minimum absolute atomic E-state index is 0.0498. The molecule has 2 aromatic rings. The molecule has 5 heteroatoms. The van der Waals surface area contributed by atoms with Crippen LogP contribution in [0, 0.1) is 0 Å². The number of fused-ring (bicyclic) bond motifs is 1. The van der Waals surface area contributed by atoms with Gasteiger partial charge in [0.1, 0.15) is 0 Å². The van der Waals surface area contributed by atoms with E-state index in [0.717, 1.165) is 11.3 Å². The first-order chi connectivity index (χ1) is 9.08.